The molecule has 2 rings (SSSR count). The molecular weight excluding hydrogens is 336 g/mol. The van der Waals surface area contributed by atoms with Gasteiger partial charge in [0.25, 0.3) is 0 Å². The molecule has 2 aromatic carbocycles. The van der Waals surface area contributed by atoms with Crippen LogP contribution in [0.5, 0.6) is 11.5 Å². The third kappa shape index (κ3) is 5.19. The SMILES string of the molecule is C=CC(=O)OC(C)CC(O)Oc1ccc(C(=O)c2ccccc2)c(O)c1. The highest BCUT2D eigenvalue weighted by molar-refractivity contribution is 6.10. The zero-order valence-corrected chi connectivity index (χ0v) is 14.3. The molecule has 136 valence electrons. The topological polar surface area (TPSA) is 93.1 Å². The average Bonchev–Trinajstić information content (AvgIpc) is 2.61. The van der Waals surface area contributed by atoms with Crippen LogP contribution in [0, 0.1) is 0 Å². The van der Waals surface area contributed by atoms with Crippen LogP contribution in [-0.4, -0.2) is 34.4 Å². The Morgan fingerprint density at radius 2 is 1.88 bits per heavy atom. The number of aliphatic hydroxyl groups is 1. The molecule has 0 radical (unpaired) electrons. The number of carbonyl (C=O) groups is 2. The van der Waals surface area contributed by atoms with Gasteiger partial charge in [0.15, 0.2) is 5.78 Å². The minimum absolute atomic E-state index is 0.0328. The molecule has 2 aromatic rings. The van der Waals surface area contributed by atoms with Crippen molar-refractivity contribution in [1.82, 2.24) is 0 Å². The van der Waals surface area contributed by atoms with E-state index in [0.717, 1.165) is 6.08 Å². The third-order valence-corrected chi connectivity index (χ3v) is 3.54. The van der Waals surface area contributed by atoms with Crippen LogP contribution >= 0.6 is 0 Å². The summed E-state index contributed by atoms with van der Waals surface area (Å²) in [7, 11) is 0. The summed E-state index contributed by atoms with van der Waals surface area (Å²) in [5, 5.41) is 20.0. The Morgan fingerprint density at radius 1 is 1.19 bits per heavy atom. The van der Waals surface area contributed by atoms with E-state index in [4.69, 9.17) is 9.47 Å². The summed E-state index contributed by atoms with van der Waals surface area (Å²) in [6.07, 6.45) is -0.768. The number of hydrogen-bond acceptors (Lipinski definition) is 6. The van der Waals surface area contributed by atoms with Gasteiger partial charge in [0.2, 0.25) is 6.29 Å². The van der Waals surface area contributed by atoms with Gasteiger partial charge in [-0.1, -0.05) is 36.9 Å². The van der Waals surface area contributed by atoms with Crippen molar-refractivity contribution < 1.29 is 29.3 Å². The Morgan fingerprint density at radius 3 is 2.50 bits per heavy atom. The number of benzene rings is 2. The van der Waals surface area contributed by atoms with Crippen molar-refractivity contribution in [2.24, 2.45) is 0 Å². The first-order valence-corrected chi connectivity index (χ1v) is 8.01. The number of phenols is 1. The van der Waals surface area contributed by atoms with E-state index in [-0.39, 0.29) is 29.3 Å². The lowest BCUT2D eigenvalue weighted by Crippen LogP contribution is -2.24. The van der Waals surface area contributed by atoms with Gasteiger partial charge in [0.1, 0.15) is 17.6 Å². The van der Waals surface area contributed by atoms with Crippen molar-refractivity contribution >= 4 is 11.8 Å². The predicted octanol–water partition coefficient (Wildman–Crippen LogP) is 2.83. The van der Waals surface area contributed by atoms with E-state index in [9.17, 15) is 19.8 Å². The lowest BCUT2D eigenvalue weighted by molar-refractivity contribution is -0.145. The molecule has 0 spiro atoms. The number of phenolic OH excluding ortho intramolecular Hbond substituents is 1. The number of carbonyl (C=O) groups excluding carboxylic acids is 2. The van der Waals surface area contributed by atoms with E-state index in [1.165, 1.54) is 18.2 Å². The standard InChI is InChI=1S/C20H20O6/c1-3-18(22)25-13(2)11-19(23)26-15-9-10-16(17(21)12-15)20(24)14-7-5-4-6-8-14/h3-10,12-13,19,21,23H,1,11H2,2H3. The smallest absolute Gasteiger partial charge is 0.330 e. The highest BCUT2D eigenvalue weighted by Crippen LogP contribution is 2.26. The van der Waals surface area contributed by atoms with Gasteiger partial charge in [0, 0.05) is 24.1 Å². The molecule has 0 bridgehead atoms. The van der Waals surface area contributed by atoms with Gasteiger partial charge in [0.05, 0.1) is 5.56 Å². The molecule has 0 aromatic heterocycles. The molecule has 0 heterocycles. The Labute approximate surface area is 151 Å². The predicted molar refractivity (Wildman–Crippen MR) is 95.0 cm³/mol. The molecule has 2 atom stereocenters. The van der Waals surface area contributed by atoms with Gasteiger partial charge in [-0.3, -0.25) is 4.79 Å². The number of rotatable bonds is 8. The van der Waals surface area contributed by atoms with E-state index < -0.39 is 18.4 Å². The first kappa shape index (κ1) is 19.2. The zero-order chi connectivity index (χ0) is 19.1. The molecule has 6 nitrogen and oxygen atoms in total. The molecule has 6 heteroatoms. The monoisotopic (exact) mass is 356 g/mol. The van der Waals surface area contributed by atoms with Crippen molar-refractivity contribution in [1.29, 1.82) is 0 Å². The second-order valence-electron chi connectivity index (χ2n) is 5.63. The molecular formula is C20H20O6. The summed E-state index contributed by atoms with van der Waals surface area (Å²) < 4.78 is 10.2. The van der Waals surface area contributed by atoms with Gasteiger partial charge in [-0.05, 0) is 19.1 Å². The van der Waals surface area contributed by atoms with Crippen LogP contribution in [0.25, 0.3) is 0 Å². The number of esters is 1. The maximum absolute atomic E-state index is 12.4. The number of ketones is 1. The van der Waals surface area contributed by atoms with E-state index in [1.54, 1.807) is 37.3 Å². The number of hydrogen-bond donors (Lipinski definition) is 2. The average molecular weight is 356 g/mol. The maximum Gasteiger partial charge on any atom is 0.330 e. The molecule has 0 saturated carbocycles. The Hall–Kier alpha value is -3.12. The molecule has 0 aliphatic rings. The van der Waals surface area contributed by atoms with E-state index in [0.29, 0.717) is 5.56 Å². The molecule has 0 amide bonds. The Kier molecular flexibility index (Phi) is 6.52. The molecule has 26 heavy (non-hydrogen) atoms. The summed E-state index contributed by atoms with van der Waals surface area (Å²) in [5.74, 6) is -0.983. The quantitative estimate of drug-likeness (QED) is 0.327. The van der Waals surface area contributed by atoms with Crippen LogP contribution in [0.3, 0.4) is 0 Å². The van der Waals surface area contributed by atoms with Gasteiger partial charge < -0.3 is 19.7 Å². The summed E-state index contributed by atoms with van der Waals surface area (Å²) >= 11 is 0. The summed E-state index contributed by atoms with van der Waals surface area (Å²) in [4.78, 5) is 23.5. The maximum atomic E-state index is 12.4. The molecule has 0 fully saturated rings. The fourth-order valence-corrected chi connectivity index (χ4v) is 2.31. The largest absolute Gasteiger partial charge is 0.507 e. The van der Waals surface area contributed by atoms with Crippen molar-refractivity contribution in [2.75, 3.05) is 0 Å². The molecule has 2 unspecified atom stereocenters. The number of aromatic hydroxyl groups is 1. The fraction of sp³-hybridized carbons (Fsp3) is 0.200. The van der Waals surface area contributed by atoms with Crippen molar-refractivity contribution in [3.63, 3.8) is 0 Å². The Bertz CT molecular complexity index is 784. The van der Waals surface area contributed by atoms with E-state index in [1.807, 2.05) is 0 Å². The lowest BCUT2D eigenvalue weighted by Gasteiger charge is -2.18. The number of ether oxygens (including phenoxy) is 2. The van der Waals surface area contributed by atoms with Gasteiger partial charge >= 0.3 is 5.97 Å². The molecule has 0 saturated heterocycles. The summed E-state index contributed by atoms with van der Waals surface area (Å²) in [6.45, 7) is 4.90. The van der Waals surface area contributed by atoms with E-state index >= 15 is 0 Å². The van der Waals surface area contributed by atoms with Crippen molar-refractivity contribution in [3.05, 3.63) is 72.3 Å². The second kappa shape index (κ2) is 8.82. The highest BCUT2D eigenvalue weighted by atomic mass is 16.6. The second-order valence-corrected chi connectivity index (χ2v) is 5.63. The normalized spacial score (nSPS) is 12.7. The first-order valence-electron chi connectivity index (χ1n) is 8.01. The first-order chi connectivity index (χ1) is 12.4. The Balaban J connectivity index is 2.01. The fourth-order valence-electron chi connectivity index (χ4n) is 2.31. The molecule has 2 N–H and O–H groups in total. The van der Waals surface area contributed by atoms with Crippen LogP contribution in [-0.2, 0) is 9.53 Å². The van der Waals surface area contributed by atoms with Gasteiger partial charge in [-0.15, -0.1) is 0 Å². The van der Waals surface area contributed by atoms with Gasteiger partial charge in [-0.2, -0.15) is 0 Å². The van der Waals surface area contributed by atoms with Crippen molar-refractivity contribution in [3.8, 4) is 11.5 Å². The third-order valence-electron chi connectivity index (χ3n) is 3.54. The molecule has 0 aliphatic carbocycles. The minimum Gasteiger partial charge on any atom is -0.507 e. The number of aliphatic hydroxyl groups excluding tert-OH is 1. The zero-order valence-electron chi connectivity index (χ0n) is 14.3. The van der Waals surface area contributed by atoms with Crippen LogP contribution < -0.4 is 4.74 Å². The lowest BCUT2D eigenvalue weighted by atomic mass is 10.0. The van der Waals surface area contributed by atoms with Crippen LogP contribution in [0.4, 0.5) is 0 Å². The highest BCUT2D eigenvalue weighted by Gasteiger charge is 2.17. The van der Waals surface area contributed by atoms with Crippen LogP contribution in [0.2, 0.25) is 0 Å². The van der Waals surface area contributed by atoms with Gasteiger partial charge in [-0.25, -0.2) is 4.79 Å². The minimum atomic E-state index is -1.25. The summed E-state index contributed by atoms with van der Waals surface area (Å²) in [5.41, 5.74) is 0.584. The van der Waals surface area contributed by atoms with Crippen LogP contribution in [0.1, 0.15) is 29.3 Å². The van der Waals surface area contributed by atoms with Crippen LogP contribution in [0.15, 0.2) is 61.2 Å². The van der Waals surface area contributed by atoms with Crippen molar-refractivity contribution in [2.45, 2.75) is 25.7 Å². The molecule has 0 aliphatic heterocycles. The van der Waals surface area contributed by atoms with E-state index in [2.05, 4.69) is 6.58 Å². The summed E-state index contributed by atoms with van der Waals surface area (Å²) in [6, 6.07) is 12.7.